The van der Waals surface area contributed by atoms with E-state index in [0.29, 0.717) is 31.6 Å². The number of aliphatic hydroxyl groups excluding tert-OH is 3. The van der Waals surface area contributed by atoms with Crippen LogP contribution in [0.5, 0.6) is 0 Å². The van der Waals surface area contributed by atoms with Crippen molar-refractivity contribution in [2.75, 3.05) is 45.7 Å². The van der Waals surface area contributed by atoms with Gasteiger partial charge in [-0.2, -0.15) is 0 Å². The lowest BCUT2D eigenvalue weighted by molar-refractivity contribution is -0.318. The molecular weight excluding hydrogens is 966 g/mol. The van der Waals surface area contributed by atoms with E-state index < -0.39 is 126 Å². The van der Waals surface area contributed by atoms with Gasteiger partial charge in [-0.25, -0.2) is 18.7 Å². The van der Waals surface area contributed by atoms with E-state index in [9.17, 15) is 39.5 Å². The van der Waals surface area contributed by atoms with Crippen LogP contribution in [0, 0.1) is 30.1 Å². The van der Waals surface area contributed by atoms with Crippen LogP contribution in [0.25, 0.3) is 4.85 Å². The van der Waals surface area contributed by atoms with Gasteiger partial charge in [0.05, 0.1) is 66.9 Å². The van der Waals surface area contributed by atoms with Crippen LogP contribution in [-0.4, -0.2) is 200 Å². The molecule has 5 N–H and O–H groups in total. The molecule has 0 unspecified atom stereocenters. The SMILES string of the molecule is [C-]#[N+]c1ccc(N2C[C@H](Cn3cc(CCN(C)[C@H]4C[C@@H](C)O[C@@H](O[C@@H]5[C@@H](C)[C@H](O[C@H]6C[C@@](C)(OC)[C@@H](O)[C@H](C)O6)[C@@H](C)C(=O)O[C@H](CC)[C@@](C)(O)[C@H](O)[C@@H](C)N(C)C[C@H](C)C[C@@]5(C)O)[C@@H]4O)nn3)OC2=O)cc1F. The minimum Gasteiger partial charge on any atom is -0.459 e. The first-order valence-electron chi connectivity index (χ1n) is 25.9. The van der Waals surface area contributed by atoms with Crippen molar-refractivity contribution < 1.29 is 72.7 Å². The van der Waals surface area contributed by atoms with E-state index in [1.807, 2.05) is 37.7 Å². The average molecular weight is 1050 g/mol. The molecule has 19 atom stereocenters. The molecule has 1 aromatic carbocycles. The Morgan fingerprint density at radius 2 is 1.69 bits per heavy atom. The second-order valence-corrected chi connectivity index (χ2v) is 22.2. The zero-order valence-corrected chi connectivity index (χ0v) is 45.3. The van der Waals surface area contributed by atoms with E-state index in [1.165, 1.54) is 31.1 Å². The molecule has 4 fully saturated rings. The van der Waals surface area contributed by atoms with Gasteiger partial charge < -0.3 is 68.5 Å². The Hall–Kier alpha value is -3.96. The first-order chi connectivity index (χ1) is 34.6. The van der Waals surface area contributed by atoms with Gasteiger partial charge in [-0.3, -0.25) is 9.69 Å². The van der Waals surface area contributed by atoms with Crippen LogP contribution in [0.15, 0.2) is 24.4 Å². The predicted molar refractivity (Wildman–Crippen MR) is 267 cm³/mol. The zero-order valence-electron chi connectivity index (χ0n) is 45.3. The fraction of sp³-hybridized carbons (Fsp3) is 0.788. The number of esters is 1. The Labute approximate surface area is 434 Å². The first-order valence-corrected chi connectivity index (χ1v) is 25.9. The summed E-state index contributed by atoms with van der Waals surface area (Å²) in [4.78, 5) is 35.5. The highest BCUT2D eigenvalue weighted by molar-refractivity contribution is 5.90. The topological polar surface area (TPSA) is 245 Å². The molecule has 74 heavy (non-hydrogen) atoms. The molecular formula is C52H82FN7O14. The smallest absolute Gasteiger partial charge is 0.414 e. The van der Waals surface area contributed by atoms with Crippen molar-refractivity contribution >= 4 is 23.4 Å². The minimum absolute atomic E-state index is 0.0770. The molecule has 2 aromatic rings. The van der Waals surface area contributed by atoms with E-state index in [4.69, 9.17) is 39.7 Å². The normalized spacial score (nSPS) is 40.3. The minimum atomic E-state index is -1.86. The number of aliphatic hydroxyl groups is 5. The first kappa shape index (κ1) is 59.3. The Morgan fingerprint density at radius 1 is 0.986 bits per heavy atom. The van der Waals surface area contributed by atoms with Crippen LogP contribution in [-0.2, 0) is 50.9 Å². The number of hydrogen-bond donors (Lipinski definition) is 5. The molecule has 0 radical (unpaired) electrons. The van der Waals surface area contributed by atoms with Crippen LogP contribution >= 0.6 is 0 Å². The van der Waals surface area contributed by atoms with Gasteiger partial charge in [-0.05, 0) is 99.9 Å². The number of anilines is 1. The molecule has 1 amide bonds. The van der Waals surface area contributed by atoms with Gasteiger partial charge in [0, 0.05) is 62.9 Å². The van der Waals surface area contributed by atoms with Gasteiger partial charge in [-0.1, -0.05) is 32.1 Å². The lowest BCUT2D eigenvalue weighted by Crippen LogP contribution is -2.61. The highest BCUT2D eigenvalue weighted by Gasteiger charge is 2.53. The van der Waals surface area contributed by atoms with Crippen molar-refractivity contribution in [2.45, 2.75) is 204 Å². The lowest BCUT2D eigenvalue weighted by atomic mass is 9.77. The molecule has 0 spiro atoms. The molecule has 4 saturated heterocycles. The maximum Gasteiger partial charge on any atom is 0.414 e. The third-order valence-electron chi connectivity index (χ3n) is 16.0. The van der Waals surface area contributed by atoms with Gasteiger partial charge >= 0.3 is 12.1 Å². The molecule has 21 nitrogen and oxygen atoms in total. The van der Waals surface area contributed by atoms with Crippen LogP contribution < -0.4 is 4.90 Å². The highest BCUT2D eigenvalue weighted by atomic mass is 19.1. The summed E-state index contributed by atoms with van der Waals surface area (Å²) in [6, 6.07) is 2.86. The van der Waals surface area contributed by atoms with Crippen LogP contribution in [0.3, 0.4) is 0 Å². The summed E-state index contributed by atoms with van der Waals surface area (Å²) in [5.41, 5.74) is -3.83. The summed E-state index contributed by atoms with van der Waals surface area (Å²) in [6.07, 6.45) is -8.60. The van der Waals surface area contributed by atoms with Crippen molar-refractivity contribution in [3.8, 4) is 0 Å². The van der Waals surface area contributed by atoms with E-state index >= 15 is 0 Å². The second kappa shape index (κ2) is 24.2. The van der Waals surface area contributed by atoms with Gasteiger partial charge in [0.25, 0.3) is 0 Å². The number of rotatable bonds is 13. The predicted octanol–water partition coefficient (Wildman–Crippen LogP) is 3.82. The molecule has 0 saturated carbocycles. The Bertz CT molecular complexity index is 2250. The summed E-state index contributed by atoms with van der Waals surface area (Å²) in [5.74, 6) is -3.63. The number of methoxy groups -OCH3 is 1. The molecule has 4 aliphatic heterocycles. The molecule has 1 aromatic heterocycles. The number of cyclic esters (lactones) is 2. The van der Waals surface area contributed by atoms with E-state index in [2.05, 4.69) is 15.2 Å². The van der Waals surface area contributed by atoms with Gasteiger partial charge in [0.1, 0.15) is 41.9 Å². The summed E-state index contributed by atoms with van der Waals surface area (Å²) >= 11 is 0. The molecule has 0 bridgehead atoms. The largest absolute Gasteiger partial charge is 0.459 e. The summed E-state index contributed by atoms with van der Waals surface area (Å²) < 4.78 is 59.7. The Balaban J connectivity index is 1.23. The van der Waals surface area contributed by atoms with Crippen molar-refractivity contribution in [3.05, 3.63) is 47.3 Å². The van der Waals surface area contributed by atoms with Gasteiger partial charge in [0.15, 0.2) is 12.6 Å². The quantitative estimate of drug-likeness (QED) is 0.141. The van der Waals surface area contributed by atoms with E-state index in [1.54, 1.807) is 59.3 Å². The molecule has 416 valence electrons. The summed E-state index contributed by atoms with van der Waals surface area (Å²) in [6.45, 7) is 25.6. The molecule has 4 aliphatic rings. The third kappa shape index (κ3) is 13.2. The fourth-order valence-corrected chi connectivity index (χ4v) is 11.5. The maximum absolute atomic E-state index is 14.5. The van der Waals surface area contributed by atoms with Crippen molar-refractivity contribution in [3.63, 3.8) is 0 Å². The fourth-order valence-electron chi connectivity index (χ4n) is 11.5. The number of benzene rings is 1. The summed E-state index contributed by atoms with van der Waals surface area (Å²) in [7, 11) is 5.18. The van der Waals surface area contributed by atoms with Crippen LogP contribution in [0.1, 0.15) is 101 Å². The Morgan fingerprint density at radius 3 is 2.34 bits per heavy atom. The van der Waals surface area contributed by atoms with E-state index in [0.717, 1.165) is 6.07 Å². The number of aromatic nitrogens is 3. The Kier molecular flexibility index (Phi) is 19.3. The number of halogens is 1. The van der Waals surface area contributed by atoms with Gasteiger partial charge in [0.2, 0.25) is 5.69 Å². The van der Waals surface area contributed by atoms with Gasteiger partial charge in [-0.15, -0.1) is 5.10 Å². The second-order valence-electron chi connectivity index (χ2n) is 22.2. The number of nitrogens with zero attached hydrogens (tertiary/aromatic N) is 7. The lowest BCUT2D eigenvalue weighted by Gasteiger charge is -2.49. The number of carbonyl (C=O) groups is 2. The van der Waals surface area contributed by atoms with Crippen molar-refractivity contribution in [1.82, 2.24) is 24.8 Å². The number of ether oxygens (including phenoxy) is 7. The standard InChI is InChI=1S/C52H82FN7O14/c1-15-40-52(10,67)44(62)32(6)58(13)24-28(2)22-50(8,66)46(30(4)43(31(5)47(64)72-40)73-41-23-51(9,68-14)45(63)33(7)70-41)74-48-42(61)39(20-29(3)69-48)57(12)19-18-34-25-59(56-55-34)26-36-27-60(49(65)71-36)35-16-17-38(54-11)37(53)21-35/h16-17,21,25,28-33,36,39-46,48,61-63,66-67H,15,18-20,22-24,26-27H2,1-10,12-14H3/t28-,29-,30+,31-,32-,33+,36+,39+,40-,41+,42-,43+,44-,45+,46-,48+,50-,51-,52-/m1/s1. The highest BCUT2D eigenvalue weighted by Crippen LogP contribution is 2.40. The van der Waals surface area contributed by atoms with Crippen molar-refractivity contribution in [2.24, 2.45) is 17.8 Å². The molecule has 22 heteroatoms. The zero-order chi connectivity index (χ0) is 54.8. The summed E-state index contributed by atoms with van der Waals surface area (Å²) in [5, 5.41) is 68.3. The molecule has 5 heterocycles. The number of carbonyl (C=O) groups excluding carboxylic acids is 2. The average Bonchev–Trinajstić information content (AvgIpc) is 3.96. The number of likely N-dealkylation sites (N-methyl/N-ethyl adjacent to an activating group) is 2. The van der Waals surface area contributed by atoms with Crippen LogP contribution in [0.2, 0.25) is 0 Å². The third-order valence-corrected chi connectivity index (χ3v) is 16.0. The number of amides is 1. The molecule has 0 aliphatic carbocycles. The van der Waals surface area contributed by atoms with E-state index in [-0.39, 0.29) is 49.6 Å². The molecule has 6 rings (SSSR count). The van der Waals surface area contributed by atoms with Crippen LogP contribution in [0.4, 0.5) is 20.6 Å². The van der Waals surface area contributed by atoms with Crippen molar-refractivity contribution in [1.29, 1.82) is 0 Å². The number of hydrogen-bond acceptors (Lipinski definition) is 18. The monoisotopic (exact) mass is 1050 g/mol. The maximum atomic E-state index is 14.5.